The largest absolute Gasteiger partial charge is 0.392 e. The summed E-state index contributed by atoms with van der Waals surface area (Å²) in [5.41, 5.74) is 5.61. The fourth-order valence-electron chi connectivity index (χ4n) is 3.43. The molecule has 0 radical (unpaired) electrons. The summed E-state index contributed by atoms with van der Waals surface area (Å²) >= 11 is 0. The van der Waals surface area contributed by atoms with Crippen LogP contribution in [0.1, 0.15) is 30.0 Å². The van der Waals surface area contributed by atoms with Crippen molar-refractivity contribution in [1.29, 1.82) is 0 Å². The third-order valence-electron chi connectivity index (χ3n) is 4.80. The lowest BCUT2D eigenvalue weighted by Gasteiger charge is -2.21. The van der Waals surface area contributed by atoms with Crippen LogP contribution in [0.25, 0.3) is 22.0 Å². The van der Waals surface area contributed by atoms with Gasteiger partial charge in [-0.25, -0.2) is 0 Å². The second-order valence-electron chi connectivity index (χ2n) is 6.25. The van der Waals surface area contributed by atoms with Gasteiger partial charge in [0.15, 0.2) is 0 Å². The summed E-state index contributed by atoms with van der Waals surface area (Å²) in [5.74, 6) is 0.563. The number of aliphatic hydroxyl groups excluding tert-OH is 1. The molecule has 1 saturated heterocycles. The van der Waals surface area contributed by atoms with Gasteiger partial charge in [-0.15, -0.1) is 0 Å². The molecule has 2 aromatic carbocycles. The first-order chi connectivity index (χ1) is 11.3. The van der Waals surface area contributed by atoms with Crippen LogP contribution < -0.4 is 5.32 Å². The van der Waals surface area contributed by atoms with E-state index in [4.69, 9.17) is 0 Å². The lowest BCUT2D eigenvalue weighted by molar-refractivity contribution is 0.282. The minimum Gasteiger partial charge on any atom is -0.392 e. The van der Waals surface area contributed by atoms with Gasteiger partial charge in [0.05, 0.1) is 12.1 Å². The van der Waals surface area contributed by atoms with Crippen LogP contribution in [0.4, 0.5) is 0 Å². The molecule has 0 bridgehead atoms. The lowest BCUT2D eigenvalue weighted by atomic mass is 9.91. The van der Waals surface area contributed by atoms with Gasteiger partial charge in [0, 0.05) is 17.0 Å². The summed E-state index contributed by atoms with van der Waals surface area (Å²) in [7, 11) is 0. The van der Waals surface area contributed by atoms with Crippen LogP contribution in [0, 0.1) is 0 Å². The standard InChI is InChI=1S/C19H21N3O/c23-12-13-1-3-14(4-2-13)16-5-6-18-17(11-16)19(22-21-18)15-7-9-20-10-8-15/h1-6,11,15,20,23H,7-10,12H2,(H,21,22). The molecule has 118 valence electrons. The highest BCUT2D eigenvalue weighted by atomic mass is 16.3. The Labute approximate surface area is 135 Å². The molecule has 0 aliphatic carbocycles. The molecule has 1 aliphatic heterocycles. The average molecular weight is 307 g/mol. The van der Waals surface area contributed by atoms with E-state index in [1.807, 2.05) is 12.1 Å². The fraction of sp³-hybridized carbons (Fsp3) is 0.316. The molecule has 4 nitrogen and oxygen atoms in total. The van der Waals surface area contributed by atoms with E-state index in [9.17, 15) is 5.11 Å². The Hall–Kier alpha value is -2.17. The molecule has 4 heteroatoms. The Bertz CT molecular complexity index is 801. The number of nitrogens with one attached hydrogen (secondary N) is 2. The maximum Gasteiger partial charge on any atom is 0.0924 e. The molecule has 2 heterocycles. The molecule has 0 saturated carbocycles. The lowest BCUT2D eigenvalue weighted by Crippen LogP contribution is -2.26. The quantitative estimate of drug-likeness (QED) is 0.696. The van der Waals surface area contributed by atoms with Crippen LogP contribution in [0.2, 0.25) is 0 Å². The number of nitrogens with zero attached hydrogens (tertiary/aromatic N) is 1. The van der Waals surface area contributed by atoms with Gasteiger partial charge in [-0.05, 0) is 54.8 Å². The fourth-order valence-corrected chi connectivity index (χ4v) is 3.43. The van der Waals surface area contributed by atoms with Gasteiger partial charge < -0.3 is 10.4 Å². The van der Waals surface area contributed by atoms with Gasteiger partial charge in [-0.3, -0.25) is 5.10 Å². The van der Waals surface area contributed by atoms with E-state index in [0.717, 1.165) is 37.0 Å². The summed E-state index contributed by atoms with van der Waals surface area (Å²) in [6.45, 7) is 2.24. The molecule has 0 unspecified atom stereocenters. The van der Waals surface area contributed by atoms with E-state index in [2.05, 4.69) is 45.8 Å². The van der Waals surface area contributed by atoms with Gasteiger partial charge in [-0.2, -0.15) is 5.10 Å². The number of aromatic amines is 1. The van der Waals surface area contributed by atoms with E-state index < -0.39 is 0 Å². The highest BCUT2D eigenvalue weighted by Gasteiger charge is 2.19. The molecule has 0 atom stereocenters. The van der Waals surface area contributed by atoms with Gasteiger partial charge >= 0.3 is 0 Å². The van der Waals surface area contributed by atoms with Gasteiger partial charge in [0.1, 0.15) is 0 Å². The van der Waals surface area contributed by atoms with Crippen molar-refractivity contribution in [3.05, 3.63) is 53.7 Å². The number of aromatic nitrogens is 2. The summed E-state index contributed by atoms with van der Waals surface area (Å²) in [6.07, 6.45) is 2.32. The van der Waals surface area contributed by atoms with Crippen LogP contribution in [0.3, 0.4) is 0 Å². The van der Waals surface area contributed by atoms with Crippen LogP contribution >= 0.6 is 0 Å². The second kappa shape index (κ2) is 6.14. The van der Waals surface area contributed by atoms with Crippen molar-refractivity contribution in [1.82, 2.24) is 15.5 Å². The second-order valence-corrected chi connectivity index (χ2v) is 6.25. The van der Waals surface area contributed by atoms with Crippen molar-refractivity contribution in [2.24, 2.45) is 0 Å². The van der Waals surface area contributed by atoms with Gasteiger partial charge in [-0.1, -0.05) is 30.3 Å². The van der Waals surface area contributed by atoms with Crippen molar-refractivity contribution in [2.75, 3.05) is 13.1 Å². The van der Waals surface area contributed by atoms with Crippen LogP contribution in [-0.4, -0.2) is 28.4 Å². The zero-order chi connectivity index (χ0) is 15.6. The Morgan fingerprint density at radius 1 is 1.00 bits per heavy atom. The van der Waals surface area contributed by atoms with E-state index >= 15 is 0 Å². The normalized spacial score (nSPS) is 16.0. The van der Waals surface area contributed by atoms with E-state index in [1.165, 1.54) is 22.2 Å². The first-order valence-corrected chi connectivity index (χ1v) is 8.24. The Morgan fingerprint density at radius 2 is 1.74 bits per heavy atom. The molecule has 3 aromatic rings. The minimum atomic E-state index is 0.0842. The summed E-state index contributed by atoms with van der Waals surface area (Å²) in [5, 5.41) is 21.6. The van der Waals surface area contributed by atoms with Crippen molar-refractivity contribution >= 4 is 10.9 Å². The van der Waals surface area contributed by atoms with Crippen LogP contribution in [0.5, 0.6) is 0 Å². The third kappa shape index (κ3) is 2.76. The topological polar surface area (TPSA) is 60.9 Å². The number of fused-ring (bicyclic) bond motifs is 1. The van der Waals surface area contributed by atoms with Crippen molar-refractivity contribution in [3.8, 4) is 11.1 Å². The molecule has 0 spiro atoms. The van der Waals surface area contributed by atoms with Crippen LogP contribution in [0.15, 0.2) is 42.5 Å². The molecule has 23 heavy (non-hydrogen) atoms. The molecular formula is C19H21N3O. The monoisotopic (exact) mass is 307 g/mol. The average Bonchev–Trinajstić information content (AvgIpc) is 3.05. The summed E-state index contributed by atoms with van der Waals surface area (Å²) in [6, 6.07) is 14.5. The first-order valence-electron chi connectivity index (χ1n) is 8.24. The summed E-state index contributed by atoms with van der Waals surface area (Å²) in [4.78, 5) is 0. The number of hydrogen-bond donors (Lipinski definition) is 3. The zero-order valence-corrected chi connectivity index (χ0v) is 13.0. The number of H-pyrrole nitrogens is 1. The Morgan fingerprint density at radius 3 is 2.48 bits per heavy atom. The van der Waals surface area contributed by atoms with E-state index in [0.29, 0.717) is 5.92 Å². The predicted octanol–water partition coefficient (Wildman–Crippen LogP) is 3.19. The van der Waals surface area contributed by atoms with Crippen LogP contribution in [-0.2, 0) is 6.61 Å². The van der Waals surface area contributed by atoms with Gasteiger partial charge in [0.2, 0.25) is 0 Å². The smallest absolute Gasteiger partial charge is 0.0924 e. The van der Waals surface area contributed by atoms with Crippen molar-refractivity contribution < 1.29 is 5.11 Å². The molecule has 1 aromatic heterocycles. The molecule has 1 aliphatic rings. The molecular weight excluding hydrogens is 286 g/mol. The van der Waals surface area contributed by atoms with Gasteiger partial charge in [0.25, 0.3) is 0 Å². The third-order valence-corrected chi connectivity index (χ3v) is 4.80. The highest BCUT2D eigenvalue weighted by Crippen LogP contribution is 2.32. The number of hydrogen-bond acceptors (Lipinski definition) is 3. The Kier molecular flexibility index (Phi) is 3.85. The van der Waals surface area contributed by atoms with Crippen molar-refractivity contribution in [2.45, 2.75) is 25.4 Å². The SMILES string of the molecule is OCc1ccc(-c2ccc3n[nH]c(C4CCNCC4)c3c2)cc1. The number of aliphatic hydroxyl groups is 1. The maximum absolute atomic E-state index is 9.18. The summed E-state index contributed by atoms with van der Waals surface area (Å²) < 4.78 is 0. The van der Waals surface area contributed by atoms with E-state index in [1.54, 1.807) is 0 Å². The number of benzene rings is 2. The number of rotatable bonds is 3. The highest BCUT2D eigenvalue weighted by molar-refractivity contribution is 5.87. The minimum absolute atomic E-state index is 0.0842. The zero-order valence-electron chi connectivity index (χ0n) is 13.0. The molecule has 1 fully saturated rings. The molecule has 3 N–H and O–H groups in total. The number of piperidine rings is 1. The predicted molar refractivity (Wildman–Crippen MR) is 92.3 cm³/mol. The Balaban J connectivity index is 1.73. The molecule has 0 amide bonds. The van der Waals surface area contributed by atoms with Crippen molar-refractivity contribution in [3.63, 3.8) is 0 Å². The molecule has 4 rings (SSSR count). The van der Waals surface area contributed by atoms with E-state index in [-0.39, 0.29) is 6.61 Å². The maximum atomic E-state index is 9.18. The first kappa shape index (κ1) is 14.4.